The lowest BCUT2D eigenvalue weighted by molar-refractivity contribution is -0.384. The third-order valence-corrected chi connectivity index (χ3v) is 2.47. The second kappa shape index (κ2) is 5.99. The maximum absolute atomic E-state index is 11.0. The van der Waals surface area contributed by atoms with Gasteiger partial charge in [-0.2, -0.15) is 5.10 Å². The van der Waals surface area contributed by atoms with Crippen molar-refractivity contribution in [2.24, 2.45) is 5.73 Å². The second-order valence-corrected chi connectivity index (χ2v) is 3.85. The highest BCUT2D eigenvalue weighted by Gasteiger charge is 2.24. The van der Waals surface area contributed by atoms with Crippen molar-refractivity contribution < 1.29 is 9.72 Å². The van der Waals surface area contributed by atoms with Crippen LogP contribution in [0.25, 0.3) is 0 Å². The van der Waals surface area contributed by atoms with E-state index in [1.54, 1.807) is 6.92 Å². The van der Waals surface area contributed by atoms with Gasteiger partial charge in [-0.3, -0.25) is 14.9 Å². The molecular weight excluding hydrogens is 238 g/mol. The zero-order valence-electron chi connectivity index (χ0n) is 10.5. The molecule has 0 saturated carbocycles. The number of nitrogens with two attached hydrogens (primary N) is 1. The van der Waals surface area contributed by atoms with Crippen molar-refractivity contribution in [3.05, 3.63) is 15.8 Å². The van der Waals surface area contributed by atoms with E-state index in [0.717, 1.165) is 0 Å². The van der Waals surface area contributed by atoms with Crippen LogP contribution in [-0.2, 0) is 11.3 Å². The molecule has 0 aromatic carbocycles. The SMILES string of the molecule is CCn1nc(C)c([N+](=O)[O-])c1NCCCC(N)=O. The van der Waals surface area contributed by atoms with Crippen LogP contribution in [0.1, 0.15) is 25.5 Å². The zero-order valence-corrected chi connectivity index (χ0v) is 10.5. The molecule has 8 nitrogen and oxygen atoms in total. The highest BCUT2D eigenvalue weighted by molar-refractivity contribution is 5.73. The van der Waals surface area contributed by atoms with Crippen LogP contribution in [0.15, 0.2) is 0 Å². The minimum Gasteiger partial charge on any atom is -0.370 e. The second-order valence-electron chi connectivity index (χ2n) is 3.85. The number of carbonyl (C=O) groups excluding carboxylic acids is 1. The number of rotatable bonds is 7. The molecule has 0 saturated heterocycles. The molecule has 0 atom stereocenters. The third kappa shape index (κ3) is 3.19. The van der Waals surface area contributed by atoms with Gasteiger partial charge in [0.2, 0.25) is 11.7 Å². The van der Waals surface area contributed by atoms with Crippen LogP contribution in [0.4, 0.5) is 11.5 Å². The molecule has 0 radical (unpaired) electrons. The Bertz CT molecular complexity index is 455. The molecule has 0 unspecified atom stereocenters. The quantitative estimate of drug-likeness (QED) is 0.424. The van der Waals surface area contributed by atoms with Crippen molar-refractivity contribution in [1.29, 1.82) is 0 Å². The number of carbonyl (C=O) groups is 1. The fourth-order valence-corrected chi connectivity index (χ4v) is 1.66. The molecule has 0 spiro atoms. The van der Waals surface area contributed by atoms with Gasteiger partial charge in [0.1, 0.15) is 5.69 Å². The summed E-state index contributed by atoms with van der Waals surface area (Å²) in [4.78, 5) is 21.1. The van der Waals surface area contributed by atoms with Gasteiger partial charge in [-0.25, -0.2) is 4.68 Å². The Balaban J connectivity index is 2.79. The smallest absolute Gasteiger partial charge is 0.333 e. The van der Waals surface area contributed by atoms with Gasteiger partial charge in [-0.05, 0) is 20.3 Å². The number of nitrogens with one attached hydrogen (secondary N) is 1. The van der Waals surface area contributed by atoms with E-state index in [0.29, 0.717) is 31.0 Å². The summed E-state index contributed by atoms with van der Waals surface area (Å²) in [5, 5.41) is 18.0. The first kappa shape index (κ1) is 13.9. The summed E-state index contributed by atoms with van der Waals surface area (Å²) in [5.74, 6) is -0.00375. The van der Waals surface area contributed by atoms with Gasteiger partial charge in [-0.1, -0.05) is 0 Å². The third-order valence-electron chi connectivity index (χ3n) is 2.47. The predicted molar refractivity (Wildman–Crippen MR) is 66.2 cm³/mol. The first-order chi connectivity index (χ1) is 8.47. The summed E-state index contributed by atoms with van der Waals surface area (Å²) in [5.41, 5.74) is 5.37. The molecule has 1 aromatic heterocycles. The minimum absolute atomic E-state index is 0.0177. The van der Waals surface area contributed by atoms with E-state index in [4.69, 9.17) is 5.73 Å². The van der Waals surface area contributed by atoms with Gasteiger partial charge in [0.25, 0.3) is 0 Å². The average Bonchev–Trinajstić information content (AvgIpc) is 2.60. The summed E-state index contributed by atoms with van der Waals surface area (Å²) in [6, 6.07) is 0. The lowest BCUT2D eigenvalue weighted by atomic mass is 10.3. The Hall–Kier alpha value is -2.12. The first-order valence-corrected chi connectivity index (χ1v) is 5.71. The molecule has 1 rings (SSSR count). The van der Waals surface area contributed by atoms with E-state index in [2.05, 4.69) is 10.4 Å². The topological polar surface area (TPSA) is 116 Å². The molecule has 0 aliphatic heterocycles. The summed E-state index contributed by atoms with van der Waals surface area (Å²) < 4.78 is 1.54. The number of hydrogen-bond donors (Lipinski definition) is 2. The van der Waals surface area contributed by atoms with Crippen LogP contribution >= 0.6 is 0 Å². The van der Waals surface area contributed by atoms with Crippen molar-refractivity contribution >= 4 is 17.4 Å². The number of nitrogens with zero attached hydrogens (tertiary/aromatic N) is 3. The van der Waals surface area contributed by atoms with E-state index in [1.165, 1.54) is 4.68 Å². The van der Waals surface area contributed by atoms with Gasteiger partial charge in [-0.15, -0.1) is 0 Å². The standard InChI is InChI=1S/C10H17N5O3/c1-3-14-10(12-6-4-5-8(11)16)9(15(17)18)7(2)13-14/h12H,3-6H2,1-2H3,(H2,11,16). The van der Waals surface area contributed by atoms with Gasteiger partial charge in [0, 0.05) is 19.5 Å². The number of hydrogen-bond acceptors (Lipinski definition) is 5. The number of aryl methyl sites for hydroxylation is 2. The maximum Gasteiger partial charge on any atom is 0.333 e. The zero-order chi connectivity index (χ0) is 13.7. The van der Waals surface area contributed by atoms with Gasteiger partial charge in [0.15, 0.2) is 0 Å². The summed E-state index contributed by atoms with van der Waals surface area (Å²) in [6.45, 7) is 4.42. The Labute approximate surface area is 104 Å². The highest BCUT2D eigenvalue weighted by atomic mass is 16.6. The lowest BCUT2D eigenvalue weighted by Crippen LogP contribution is -2.14. The minimum atomic E-state index is -0.453. The van der Waals surface area contributed by atoms with Crippen molar-refractivity contribution in [2.75, 3.05) is 11.9 Å². The fourth-order valence-electron chi connectivity index (χ4n) is 1.66. The molecule has 0 aliphatic carbocycles. The Morgan fingerprint density at radius 2 is 2.28 bits per heavy atom. The van der Waals surface area contributed by atoms with Gasteiger partial charge >= 0.3 is 5.69 Å². The molecule has 1 aromatic rings. The summed E-state index contributed by atoms with van der Waals surface area (Å²) >= 11 is 0. The number of primary amides is 1. The number of anilines is 1. The monoisotopic (exact) mass is 255 g/mol. The molecule has 1 heterocycles. The van der Waals surface area contributed by atoms with Crippen LogP contribution in [0, 0.1) is 17.0 Å². The van der Waals surface area contributed by atoms with E-state index < -0.39 is 4.92 Å². The molecule has 18 heavy (non-hydrogen) atoms. The highest BCUT2D eigenvalue weighted by Crippen LogP contribution is 2.27. The van der Waals surface area contributed by atoms with Crippen molar-refractivity contribution in [3.63, 3.8) is 0 Å². The molecule has 100 valence electrons. The van der Waals surface area contributed by atoms with Crippen LogP contribution < -0.4 is 11.1 Å². The molecule has 0 fully saturated rings. The Morgan fingerprint density at radius 1 is 1.61 bits per heavy atom. The van der Waals surface area contributed by atoms with E-state index in [-0.39, 0.29) is 18.0 Å². The largest absolute Gasteiger partial charge is 0.370 e. The molecule has 1 amide bonds. The number of nitro groups is 1. The lowest BCUT2D eigenvalue weighted by Gasteiger charge is -2.06. The van der Waals surface area contributed by atoms with E-state index in [1.807, 2.05) is 6.92 Å². The first-order valence-electron chi connectivity index (χ1n) is 5.71. The fraction of sp³-hybridized carbons (Fsp3) is 0.600. The molecule has 3 N–H and O–H groups in total. The van der Waals surface area contributed by atoms with E-state index >= 15 is 0 Å². The number of amides is 1. The maximum atomic E-state index is 11.0. The van der Waals surface area contributed by atoms with Crippen molar-refractivity contribution in [2.45, 2.75) is 33.2 Å². The summed E-state index contributed by atoms with van der Waals surface area (Å²) in [6.07, 6.45) is 0.778. The van der Waals surface area contributed by atoms with Crippen LogP contribution in [0.3, 0.4) is 0 Å². The molecule has 0 bridgehead atoms. The molecule has 8 heteroatoms. The van der Waals surface area contributed by atoms with Crippen LogP contribution in [-0.4, -0.2) is 27.2 Å². The Kier molecular flexibility index (Phi) is 4.64. The van der Waals surface area contributed by atoms with Crippen molar-refractivity contribution in [1.82, 2.24) is 9.78 Å². The van der Waals surface area contributed by atoms with Crippen molar-refractivity contribution in [3.8, 4) is 0 Å². The predicted octanol–water partition coefficient (Wildman–Crippen LogP) is 0.797. The normalized spacial score (nSPS) is 10.3. The molecular formula is C10H17N5O3. The van der Waals surface area contributed by atoms with E-state index in [9.17, 15) is 14.9 Å². The van der Waals surface area contributed by atoms with Crippen LogP contribution in [0.2, 0.25) is 0 Å². The average molecular weight is 255 g/mol. The molecule has 0 aliphatic rings. The number of aromatic nitrogens is 2. The van der Waals surface area contributed by atoms with Gasteiger partial charge in [0.05, 0.1) is 4.92 Å². The summed E-state index contributed by atoms with van der Waals surface area (Å²) in [7, 11) is 0. The van der Waals surface area contributed by atoms with Gasteiger partial charge < -0.3 is 11.1 Å². The van der Waals surface area contributed by atoms with Crippen LogP contribution in [0.5, 0.6) is 0 Å². The Morgan fingerprint density at radius 3 is 2.78 bits per heavy atom.